The van der Waals surface area contributed by atoms with Crippen molar-refractivity contribution in [1.29, 1.82) is 0 Å². The molecule has 1 atom stereocenters. The summed E-state index contributed by atoms with van der Waals surface area (Å²) in [6, 6.07) is 13.0. The topological polar surface area (TPSA) is 61.9 Å². The van der Waals surface area contributed by atoms with Gasteiger partial charge in [0.15, 0.2) is 0 Å². The molecule has 0 saturated heterocycles. The zero-order valence-corrected chi connectivity index (χ0v) is 19.7. The van der Waals surface area contributed by atoms with Gasteiger partial charge in [-0.15, -0.1) is 0 Å². The third-order valence-corrected chi connectivity index (χ3v) is 5.93. The number of benzene rings is 2. The Bertz CT molecular complexity index is 944. The summed E-state index contributed by atoms with van der Waals surface area (Å²) >= 11 is 0. The molecule has 1 heterocycles. The molecule has 2 amide bonds. The Morgan fingerprint density at radius 2 is 2.00 bits per heavy atom. The standard InChI is InChI=1S/C26H35N3O3/c1-5-14-29(26(31)22-9-7-11-23(17-22)32-6-2)19(3)25(30)27-18-20-12-13-24-21(16-20)10-8-15-28(24)4/h7,9,11-13,16-17,19H,5-6,8,10,14-15,18H2,1-4H3,(H,27,30). The van der Waals surface area contributed by atoms with Gasteiger partial charge in [0, 0.05) is 37.9 Å². The monoisotopic (exact) mass is 437 g/mol. The Balaban J connectivity index is 1.66. The highest BCUT2D eigenvalue weighted by atomic mass is 16.5. The van der Waals surface area contributed by atoms with E-state index in [2.05, 4.69) is 35.5 Å². The van der Waals surface area contributed by atoms with Crippen LogP contribution in [0.5, 0.6) is 5.75 Å². The maximum atomic E-state index is 13.2. The average molecular weight is 438 g/mol. The Kier molecular flexibility index (Phi) is 8.14. The zero-order chi connectivity index (χ0) is 23.1. The predicted molar refractivity (Wildman–Crippen MR) is 128 cm³/mol. The second-order valence-corrected chi connectivity index (χ2v) is 8.34. The van der Waals surface area contributed by atoms with Crippen LogP contribution in [0.3, 0.4) is 0 Å². The first kappa shape index (κ1) is 23.6. The van der Waals surface area contributed by atoms with Crippen LogP contribution < -0.4 is 15.0 Å². The Labute approximate surface area is 191 Å². The number of amides is 2. The summed E-state index contributed by atoms with van der Waals surface area (Å²) in [5.41, 5.74) is 4.21. The fraction of sp³-hybridized carbons (Fsp3) is 0.462. The minimum Gasteiger partial charge on any atom is -0.494 e. The summed E-state index contributed by atoms with van der Waals surface area (Å²) < 4.78 is 5.52. The van der Waals surface area contributed by atoms with Crippen LogP contribution >= 0.6 is 0 Å². The van der Waals surface area contributed by atoms with Gasteiger partial charge in [-0.3, -0.25) is 9.59 Å². The van der Waals surface area contributed by atoms with E-state index in [4.69, 9.17) is 4.74 Å². The van der Waals surface area contributed by atoms with Crippen molar-refractivity contribution in [3.05, 3.63) is 59.2 Å². The molecule has 172 valence electrons. The summed E-state index contributed by atoms with van der Waals surface area (Å²) in [4.78, 5) is 30.0. The van der Waals surface area contributed by atoms with E-state index in [0.29, 0.717) is 31.0 Å². The molecule has 1 aliphatic rings. The van der Waals surface area contributed by atoms with Crippen LogP contribution in [-0.4, -0.2) is 49.5 Å². The normalized spacial score (nSPS) is 13.8. The number of ether oxygens (including phenoxy) is 1. The number of rotatable bonds is 9. The van der Waals surface area contributed by atoms with Crippen molar-refractivity contribution >= 4 is 17.5 Å². The molecule has 1 aliphatic heterocycles. The number of carbonyl (C=O) groups excluding carboxylic acids is 2. The fourth-order valence-electron chi connectivity index (χ4n) is 4.19. The maximum absolute atomic E-state index is 13.2. The number of anilines is 1. The molecule has 0 radical (unpaired) electrons. The van der Waals surface area contributed by atoms with E-state index in [9.17, 15) is 9.59 Å². The first-order chi connectivity index (χ1) is 15.4. The van der Waals surface area contributed by atoms with E-state index >= 15 is 0 Å². The lowest BCUT2D eigenvalue weighted by molar-refractivity contribution is -0.125. The van der Waals surface area contributed by atoms with E-state index < -0.39 is 6.04 Å². The van der Waals surface area contributed by atoms with Gasteiger partial charge in [0.05, 0.1) is 6.61 Å². The van der Waals surface area contributed by atoms with Crippen LogP contribution in [0.4, 0.5) is 5.69 Å². The third-order valence-electron chi connectivity index (χ3n) is 5.93. The quantitative estimate of drug-likeness (QED) is 0.644. The van der Waals surface area contributed by atoms with Crippen LogP contribution in [0.15, 0.2) is 42.5 Å². The van der Waals surface area contributed by atoms with Gasteiger partial charge >= 0.3 is 0 Å². The van der Waals surface area contributed by atoms with Crippen LogP contribution in [-0.2, 0) is 17.8 Å². The van der Waals surface area contributed by atoms with Crippen LogP contribution in [0.25, 0.3) is 0 Å². The third kappa shape index (κ3) is 5.61. The van der Waals surface area contributed by atoms with E-state index in [-0.39, 0.29) is 11.8 Å². The van der Waals surface area contributed by atoms with Crippen molar-refractivity contribution in [1.82, 2.24) is 10.2 Å². The second-order valence-electron chi connectivity index (χ2n) is 8.34. The van der Waals surface area contributed by atoms with Gasteiger partial charge in [-0.25, -0.2) is 0 Å². The van der Waals surface area contributed by atoms with Gasteiger partial charge in [0.25, 0.3) is 5.91 Å². The van der Waals surface area contributed by atoms with E-state index in [1.165, 1.54) is 11.3 Å². The molecule has 0 fully saturated rings. The van der Waals surface area contributed by atoms with Crippen molar-refractivity contribution in [3.8, 4) is 5.75 Å². The number of nitrogens with zero attached hydrogens (tertiary/aromatic N) is 2. The molecule has 1 N–H and O–H groups in total. The van der Waals surface area contributed by atoms with Crippen LogP contribution in [0, 0.1) is 0 Å². The smallest absolute Gasteiger partial charge is 0.254 e. The first-order valence-electron chi connectivity index (χ1n) is 11.6. The largest absolute Gasteiger partial charge is 0.494 e. The van der Waals surface area contributed by atoms with E-state index in [1.54, 1.807) is 30.0 Å². The predicted octanol–water partition coefficient (Wildman–Crippen LogP) is 4.02. The summed E-state index contributed by atoms with van der Waals surface area (Å²) in [5, 5.41) is 3.02. The van der Waals surface area contributed by atoms with Gasteiger partial charge in [0.2, 0.25) is 5.91 Å². The summed E-state index contributed by atoms with van der Waals surface area (Å²) in [5.74, 6) is 0.348. The van der Waals surface area contributed by atoms with Gasteiger partial charge in [0.1, 0.15) is 11.8 Å². The first-order valence-corrected chi connectivity index (χ1v) is 11.6. The molecule has 0 aliphatic carbocycles. The average Bonchev–Trinajstić information content (AvgIpc) is 2.80. The number of aryl methyl sites for hydroxylation is 1. The second kappa shape index (κ2) is 11.0. The van der Waals surface area contributed by atoms with Crippen LogP contribution in [0.2, 0.25) is 0 Å². The lowest BCUT2D eigenvalue weighted by Gasteiger charge is -2.29. The number of carbonyl (C=O) groups is 2. The summed E-state index contributed by atoms with van der Waals surface area (Å²) in [6.07, 6.45) is 2.99. The zero-order valence-electron chi connectivity index (χ0n) is 19.7. The molecule has 0 saturated carbocycles. The highest BCUT2D eigenvalue weighted by Crippen LogP contribution is 2.26. The molecule has 0 aromatic heterocycles. The highest BCUT2D eigenvalue weighted by Gasteiger charge is 2.26. The van der Waals surface area contributed by atoms with Gasteiger partial charge in [-0.2, -0.15) is 0 Å². The molecule has 0 spiro atoms. The molecule has 32 heavy (non-hydrogen) atoms. The molecule has 3 rings (SSSR count). The Morgan fingerprint density at radius 1 is 1.19 bits per heavy atom. The molecule has 0 bridgehead atoms. The van der Waals surface area contributed by atoms with Crippen molar-refractivity contribution in [2.45, 2.75) is 52.6 Å². The molecule has 2 aromatic carbocycles. The minimum absolute atomic E-state index is 0.150. The Morgan fingerprint density at radius 3 is 2.75 bits per heavy atom. The number of hydrogen-bond donors (Lipinski definition) is 1. The minimum atomic E-state index is -0.568. The lowest BCUT2D eigenvalue weighted by Crippen LogP contribution is -2.48. The summed E-state index contributed by atoms with van der Waals surface area (Å²) in [6.45, 7) is 8.28. The highest BCUT2D eigenvalue weighted by molar-refractivity contribution is 5.97. The number of fused-ring (bicyclic) bond motifs is 1. The van der Waals surface area contributed by atoms with Gasteiger partial charge in [-0.1, -0.05) is 25.1 Å². The molecule has 1 unspecified atom stereocenters. The van der Waals surface area contributed by atoms with E-state index in [0.717, 1.165) is 31.4 Å². The number of nitrogens with one attached hydrogen (secondary N) is 1. The SMILES string of the molecule is CCCN(C(=O)c1cccc(OCC)c1)C(C)C(=O)NCc1ccc2c(c1)CCCN2C. The van der Waals surface area contributed by atoms with Crippen molar-refractivity contribution < 1.29 is 14.3 Å². The van der Waals surface area contributed by atoms with Gasteiger partial charge in [-0.05, 0) is 68.5 Å². The van der Waals surface area contributed by atoms with Crippen LogP contribution in [0.1, 0.15) is 55.1 Å². The Hall–Kier alpha value is -3.02. The molecule has 2 aromatic rings. The lowest BCUT2D eigenvalue weighted by atomic mass is 9.99. The number of hydrogen-bond acceptors (Lipinski definition) is 4. The molecular formula is C26H35N3O3. The molecular weight excluding hydrogens is 402 g/mol. The summed E-state index contributed by atoms with van der Waals surface area (Å²) in [7, 11) is 2.12. The van der Waals surface area contributed by atoms with Crippen molar-refractivity contribution in [2.24, 2.45) is 0 Å². The van der Waals surface area contributed by atoms with Crippen molar-refractivity contribution in [3.63, 3.8) is 0 Å². The molecule has 6 heteroatoms. The maximum Gasteiger partial charge on any atom is 0.254 e. The van der Waals surface area contributed by atoms with Gasteiger partial charge < -0.3 is 19.9 Å². The van der Waals surface area contributed by atoms with E-state index in [1.807, 2.05) is 19.9 Å². The van der Waals surface area contributed by atoms with Crippen molar-refractivity contribution in [2.75, 3.05) is 31.6 Å². The molecule has 6 nitrogen and oxygen atoms in total. The fourth-order valence-corrected chi connectivity index (χ4v) is 4.19.